The van der Waals surface area contributed by atoms with E-state index >= 15 is 0 Å². The van der Waals surface area contributed by atoms with E-state index in [1.54, 1.807) is 0 Å². The maximum Gasteiger partial charge on any atom is 0.0195 e. The largest absolute Gasteiger partial charge is 0.301 e. The van der Waals surface area contributed by atoms with Crippen LogP contribution < -0.4 is 0 Å². The molecule has 0 aromatic carbocycles. The van der Waals surface area contributed by atoms with E-state index in [-0.39, 0.29) is 0 Å². The van der Waals surface area contributed by atoms with Crippen LogP contribution in [-0.2, 0) is 0 Å². The molecule has 1 fully saturated rings. The van der Waals surface area contributed by atoms with Crippen molar-refractivity contribution in [2.45, 2.75) is 39.7 Å². The summed E-state index contributed by atoms with van der Waals surface area (Å²) in [5, 5.41) is 0. The quantitative estimate of drug-likeness (QED) is 0.657. The molecule has 1 heterocycles. The minimum atomic E-state index is 0.764. The monoisotopic (exact) mass is 184 g/mol. The van der Waals surface area contributed by atoms with Crippen LogP contribution in [0.15, 0.2) is 0 Å². The molecule has 2 heteroatoms. The van der Waals surface area contributed by atoms with E-state index in [9.17, 15) is 0 Å². The van der Waals surface area contributed by atoms with E-state index in [0.29, 0.717) is 0 Å². The molecule has 0 bridgehead atoms. The Labute approximate surface area is 82.9 Å². The first-order chi connectivity index (χ1) is 6.27. The summed E-state index contributed by atoms with van der Waals surface area (Å²) in [7, 11) is 0. The van der Waals surface area contributed by atoms with Crippen molar-refractivity contribution >= 4 is 0 Å². The zero-order valence-electron chi connectivity index (χ0n) is 9.42. The molecule has 1 aliphatic rings. The first-order valence-corrected chi connectivity index (χ1v) is 5.74. The Bertz CT molecular complexity index is 136. The summed E-state index contributed by atoms with van der Waals surface area (Å²) in [6, 6.07) is 0.764. The summed E-state index contributed by atoms with van der Waals surface area (Å²) in [6.07, 6.45) is 2.68. The van der Waals surface area contributed by atoms with Crippen LogP contribution in [0.2, 0.25) is 0 Å². The number of unbranched alkanes of at least 4 members (excludes halogenated alkanes) is 1. The molecule has 13 heavy (non-hydrogen) atoms. The van der Waals surface area contributed by atoms with Crippen LogP contribution in [0.25, 0.3) is 0 Å². The molecule has 78 valence electrons. The minimum Gasteiger partial charge on any atom is -0.301 e. The number of hydrogen-bond acceptors (Lipinski definition) is 2. The molecule has 0 aromatic heterocycles. The van der Waals surface area contributed by atoms with Crippen molar-refractivity contribution in [2.75, 3.05) is 32.7 Å². The van der Waals surface area contributed by atoms with E-state index in [4.69, 9.17) is 0 Å². The fourth-order valence-electron chi connectivity index (χ4n) is 2.05. The van der Waals surface area contributed by atoms with Crippen LogP contribution in [0.4, 0.5) is 0 Å². The average Bonchev–Trinajstić information content (AvgIpc) is 2.16. The lowest BCUT2D eigenvalue weighted by atomic mass is 10.1. The lowest BCUT2D eigenvalue weighted by Gasteiger charge is -2.39. The van der Waals surface area contributed by atoms with Gasteiger partial charge >= 0.3 is 0 Å². The lowest BCUT2D eigenvalue weighted by Crippen LogP contribution is -2.51. The van der Waals surface area contributed by atoms with Gasteiger partial charge in [-0.05, 0) is 26.4 Å². The summed E-state index contributed by atoms with van der Waals surface area (Å²) < 4.78 is 0. The molecule has 1 rings (SSSR count). The van der Waals surface area contributed by atoms with Gasteiger partial charge in [-0.15, -0.1) is 0 Å². The molecule has 1 atom stereocenters. The molecule has 0 aromatic rings. The number of piperazine rings is 1. The van der Waals surface area contributed by atoms with Crippen molar-refractivity contribution in [3.05, 3.63) is 0 Å². The smallest absolute Gasteiger partial charge is 0.0195 e. The highest BCUT2D eigenvalue weighted by molar-refractivity contribution is 4.77. The molecule has 0 radical (unpaired) electrons. The topological polar surface area (TPSA) is 6.48 Å². The standard InChI is InChI=1S/C11H24N2/c1-4-6-7-13-9-8-12(5-2)10-11(13)3/h11H,4-10H2,1-3H3. The Morgan fingerprint density at radius 1 is 1.23 bits per heavy atom. The van der Waals surface area contributed by atoms with Crippen LogP contribution in [0.3, 0.4) is 0 Å². The van der Waals surface area contributed by atoms with Crippen molar-refractivity contribution in [1.29, 1.82) is 0 Å². The second kappa shape index (κ2) is 5.61. The molecule has 0 spiro atoms. The second-order valence-corrected chi connectivity index (χ2v) is 4.13. The van der Waals surface area contributed by atoms with Gasteiger partial charge in [0.1, 0.15) is 0 Å². The molecule has 0 aliphatic carbocycles. The molecule has 1 aliphatic heterocycles. The van der Waals surface area contributed by atoms with Crippen LogP contribution in [0, 0.1) is 0 Å². The number of nitrogens with zero attached hydrogens (tertiary/aromatic N) is 2. The summed E-state index contributed by atoms with van der Waals surface area (Å²) >= 11 is 0. The average molecular weight is 184 g/mol. The highest BCUT2D eigenvalue weighted by Gasteiger charge is 2.21. The fourth-order valence-corrected chi connectivity index (χ4v) is 2.05. The first kappa shape index (κ1) is 11.0. The third-order valence-electron chi connectivity index (χ3n) is 3.10. The van der Waals surface area contributed by atoms with Gasteiger partial charge < -0.3 is 4.90 Å². The van der Waals surface area contributed by atoms with Gasteiger partial charge in [-0.2, -0.15) is 0 Å². The Kier molecular flexibility index (Phi) is 4.74. The van der Waals surface area contributed by atoms with E-state index in [1.165, 1.54) is 45.6 Å². The normalized spacial score (nSPS) is 26.5. The van der Waals surface area contributed by atoms with Gasteiger partial charge in [0.15, 0.2) is 0 Å². The maximum absolute atomic E-state index is 2.63. The summed E-state index contributed by atoms with van der Waals surface area (Å²) in [5.74, 6) is 0. The summed E-state index contributed by atoms with van der Waals surface area (Å²) in [4.78, 5) is 5.18. The van der Waals surface area contributed by atoms with Gasteiger partial charge in [0.25, 0.3) is 0 Å². The Morgan fingerprint density at radius 3 is 2.54 bits per heavy atom. The van der Waals surface area contributed by atoms with Crippen LogP contribution >= 0.6 is 0 Å². The first-order valence-electron chi connectivity index (χ1n) is 5.74. The predicted molar refractivity (Wildman–Crippen MR) is 58.1 cm³/mol. The SMILES string of the molecule is CCCCN1CCN(CC)CC1C. The Hall–Kier alpha value is -0.0800. The van der Waals surface area contributed by atoms with E-state index in [2.05, 4.69) is 30.6 Å². The summed E-state index contributed by atoms with van der Waals surface area (Å²) in [5.41, 5.74) is 0. The van der Waals surface area contributed by atoms with Gasteiger partial charge in [-0.1, -0.05) is 20.3 Å². The number of likely N-dealkylation sites (N-methyl/N-ethyl adjacent to an activating group) is 1. The molecular formula is C11H24N2. The highest BCUT2D eigenvalue weighted by Crippen LogP contribution is 2.09. The lowest BCUT2D eigenvalue weighted by molar-refractivity contribution is 0.0860. The van der Waals surface area contributed by atoms with Gasteiger partial charge in [0.05, 0.1) is 0 Å². The highest BCUT2D eigenvalue weighted by atomic mass is 15.3. The third-order valence-corrected chi connectivity index (χ3v) is 3.10. The van der Waals surface area contributed by atoms with E-state index in [1.807, 2.05) is 0 Å². The van der Waals surface area contributed by atoms with Crippen LogP contribution in [0.5, 0.6) is 0 Å². The third kappa shape index (κ3) is 3.28. The van der Waals surface area contributed by atoms with Crippen LogP contribution in [0.1, 0.15) is 33.6 Å². The van der Waals surface area contributed by atoms with Gasteiger partial charge in [0.2, 0.25) is 0 Å². The van der Waals surface area contributed by atoms with E-state index < -0.39 is 0 Å². The molecule has 0 N–H and O–H groups in total. The molecule has 0 amide bonds. The Morgan fingerprint density at radius 2 is 2.00 bits per heavy atom. The fraction of sp³-hybridized carbons (Fsp3) is 1.00. The van der Waals surface area contributed by atoms with Crippen LogP contribution in [-0.4, -0.2) is 48.6 Å². The minimum absolute atomic E-state index is 0.764. The van der Waals surface area contributed by atoms with Gasteiger partial charge in [-0.25, -0.2) is 0 Å². The molecule has 1 saturated heterocycles. The Balaban J connectivity index is 2.26. The maximum atomic E-state index is 2.63. The number of hydrogen-bond donors (Lipinski definition) is 0. The van der Waals surface area contributed by atoms with Crippen molar-refractivity contribution < 1.29 is 0 Å². The molecular weight excluding hydrogens is 160 g/mol. The van der Waals surface area contributed by atoms with Crippen molar-refractivity contribution in [3.63, 3.8) is 0 Å². The van der Waals surface area contributed by atoms with Crippen molar-refractivity contribution in [1.82, 2.24) is 9.80 Å². The number of rotatable bonds is 4. The zero-order chi connectivity index (χ0) is 9.68. The zero-order valence-corrected chi connectivity index (χ0v) is 9.42. The summed E-state index contributed by atoms with van der Waals surface area (Å²) in [6.45, 7) is 13.2. The van der Waals surface area contributed by atoms with Gasteiger partial charge in [0, 0.05) is 25.7 Å². The van der Waals surface area contributed by atoms with Crippen molar-refractivity contribution in [2.24, 2.45) is 0 Å². The predicted octanol–water partition coefficient (Wildman–Crippen LogP) is 1.81. The van der Waals surface area contributed by atoms with Gasteiger partial charge in [-0.3, -0.25) is 4.90 Å². The molecule has 0 saturated carbocycles. The van der Waals surface area contributed by atoms with Crippen molar-refractivity contribution in [3.8, 4) is 0 Å². The molecule has 2 nitrogen and oxygen atoms in total. The van der Waals surface area contributed by atoms with E-state index in [0.717, 1.165) is 6.04 Å². The second-order valence-electron chi connectivity index (χ2n) is 4.13. The molecule has 1 unspecified atom stereocenters.